The molecule has 0 spiro atoms. The number of aromatic nitrogens is 5. The quantitative estimate of drug-likeness (QED) is 0.909. The average molecular weight is 320 g/mol. The van der Waals surface area contributed by atoms with E-state index in [4.69, 9.17) is 16.7 Å². The van der Waals surface area contributed by atoms with E-state index >= 15 is 0 Å². The van der Waals surface area contributed by atoms with Crippen molar-refractivity contribution in [1.82, 2.24) is 24.8 Å². The molecule has 114 valence electrons. The third kappa shape index (κ3) is 2.73. The number of alkyl halides is 2. The Balaban J connectivity index is 2.45. The first-order valence-electron chi connectivity index (χ1n) is 6.01. The molecule has 0 unspecified atom stereocenters. The zero-order valence-corrected chi connectivity index (χ0v) is 12.0. The first kappa shape index (κ1) is 15.4. The van der Waals surface area contributed by atoms with Gasteiger partial charge in [0.1, 0.15) is 5.69 Å². The van der Waals surface area contributed by atoms with Crippen LogP contribution in [-0.4, -0.2) is 35.9 Å². The standard InChI is InChI=1S/C11H12ClF2N5O2/c1-3-5-7(12)6(18(2)16-5)4-19-9(10(13)14)8(11(20)21)15-17-19/h10H,3-4H2,1-2H3,(H,20,21). The van der Waals surface area contributed by atoms with Gasteiger partial charge in [-0.2, -0.15) is 5.10 Å². The number of carboxylic acids is 1. The molecule has 0 atom stereocenters. The molecule has 0 aliphatic carbocycles. The number of carboxylic acid groups (broad SMARTS) is 1. The second-order valence-electron chi connectivity index (χ2n) is 4.27. The summed E-state index contributed by atoms with van der Waals surface area (Å²) in [5.41, 5.74) is -0.430. The lowest BCUT2D eigenvalue weighted by atomic mass is 10.3. The van der Waals surface area contributed by atoms with Gasteiger partial charge in [-0.25, -0.2) is 18.3 Å². The smallest absolute Gasteiger partial charge is 0.358 e. The van der Waals surface area contributed by atoms with Crippen LogP contribution in [0.1, 0.15) is 40.9 Å². The van der Waals surface area contributed by atoms with Crippen LogP contribution in [0, 0.1) is 0 Å². The second-order valence-corrected chi connectivity index (χ2v) is 4.65. The molecule has 0 aromatic carbocycles. The van der Waals surface area contributed by atoms with E-state index < -0.39 is 23.8 Å². The van der Waals surface area contributed by atoms with Gasteiger partial charge in [-0.3, -0.25) is 4.68 Å². The van der Waals surface area contributed by atoms with Gasteiger partial charge < -0.3 is 5.11 Å². The summed E-state index contributed by atoms with van der Waals surface area (Å²) in [6.07, 6.45) is -2.42. The van der Waals surface area contributed by atoms with Gasteiger partial charge in [0.15, 0.2) is 5.69 Å². The molecule has 2 rings (SSSR count). The molecule has 0 aliphatic heterocycles. The molecule has 1 N–H and O–H groups in total. The maximum Gasteiger partial charge on any atom is 0.358 e. The Hall–Kier alpha value is -2.03. The van der Waals surface area contributed by atoms with Crippen molar-refractivity contribution in [3.63, 3.8) is 0 Å². The van der Waals surface area contributed by atoms with Crippen molar-refractivity contribution >= 4 is 17.6 Å². The lowest BCUT2D eigenvalue weighted by Gasteiger charge is -2.07. The lowest BCUT2D eigenvalue weighted by molar-refractivity contribution is 0.0675. The van der Waals surface area contributed by atoms with Gasteiger partial charge in [0.2, 0.25) is 0 Å². The van der Waals surface area contributed by atoms with E-state index in [1.807, 2.05) is 6.92 Å². The summed E-state index contributed by atoms with van der Waals surface area (Å²) in [6, 6.07) is 0. The monoisotopic (exact) mass is 319 g/mol. The largest absolute Gasteiger partial charge is 0.476 e. The van der Waals surface area contributed by atoms with Crippen molar-refractivity contribution < 1.29 is 18.7 Å². The van der Waals surface area contributed by atoms with Gasteiger partial charge in [0, 0.05) is 7.05 Å². The van der Waals surface area contributed by atoms with Crippen LogP contribution in [0.5, 0.6) is 0 Å². The zero-order chi connectivity index (χ0) is 15.7. The van der Waals surface area contributed by atoms with Crippen LogP contribution in [0.2, 0.25) is 5.02 Å². The van der Waals surface area contributed by atoms with Crippen LogP contribution in [0.15, 0.2) is 0 Å². The normalized spacial score (nSPS) is 11.3. The van der Waals surface area contributed by atoms with E-state index in [0.29, 0.717) is 22.8 Å². The summed E-state index contributed by atoms with van der Waals surface area (Å²) in [7, 11) is 1.62. The van der Waals surface area contributed by atoms with Crippen molar-refractivity contribution in [3.05, 3.63) is 27.8 Å². The fraction of sp³-hybridized carbons (Fsp3) is 0.455. The lowest BCUT2D eigenvalue weighted by Crippen LogP contribution is -2.12. The summed E-state index contributed by atoms with van der Waals surface area (Å²) in [5.74, 6) is -1.55. The molecule has 0 aliphatic rings. The maximum atomic E-state index is 13.0. The number of aryl methyl sites for hydroxylation is 2. The molecule has 2 aromatic rings. The molecule has 2 heterocycles. The Bertz CT molecular complexity index is 682. The summed E-state index contributed by atoms with van der Waals surface area (Å²) in [5, 5.41) is 20.1. The molecule has 2 aromatic heterocycles. The summed E-state index contributed by atoms with van der Waals surface area (Å²) in [4.78, 5) is 10.9. The number of halogens is 3. The van der Waals surface area contributed by atoms with E-state index in [1.54, 1.807) is 7.05 Å². The molecular weight excluding hydrogens is 308 g/mol. The minimum atomic E-state index is -3.01. The first-order valence-corrected chi connectivity index (χ1v) is 6.39. The SMILES string of the molecule is CCc1nn(C)c(Cn2nnc(C(=O)O)c2C(F)F)c1Cl. The van der Waals surface area contributed by atoms with Crippen LogP contribution >= 0.6 is 11.6 Å². The molecule has 10 heteroatoms. The van der Waals surface area contributed by atoms with E-state index in [-0.39, 0.29) is 6.54 Å². The van der Waals surface area contributed by atoms with E-state index in [0.717, 1.165) is 4.68 Å². The number of hydrogen-bond acceptors (Lipinski definition) is 4. The first-order chi connectivity index (χ1) is 9.86. The molecule has 0 radical (unpaired) electrons. The third-order valence-corrected chi connectivity index (χ3v) is 3.42. The van der Waals surface area contributed by atoms with Crippen molar-refractivity contribution in [1.29, 1.82) is 0 Å². The highest BCUT2D eigenvalue weighted by atomic mass is 35.5. The minimum absolute atomic E-state index is 0.137. The maximum absolute atomic E-state index is 13.0. The Morgan fingerprint density at radius 3 is 2.62 bits per heavy atom. The molecular formula is C11H12ClF2N5O2. The Morgan fingerprint density at radius 1 is 1.48 bits per heavy atom. The van der Waals surface area contributed by atoms with Gasteiger partial charge in [-0.15, -0.1) is 5.10 Å². The second kappa shape index (κ2) is 5.76. The van der Waals surface area contributed by atoms with Gasteiger partial charge in [-0.1, -0.05) is 23.7 Å². The Kier molecular flexibility index (Phi) is 4.21. The molecule has 0 saturated carbocycles. The fourth-order valence-electron chi connectivity index (χ4n) is 1.94. The zero-order valence-electron chi connectivity index (χ0n) is 11.2. The highest BCUT2D eigenvalue weighted by molar-refractivity contribution is 6.31. The topological polar surface area (TPSA) is 85.8 Å². The van der Waals surface area contributed by atoms with Gasteiger partial charge in [-0.05, 0) is 6.42 Å². The van der Waals surface area contributed by atoms with Gasteiger partial charge >= 0.3 is 5.97 Å². The van der Waals surface area contributed by atoms with E-state index in [2.05, 4.69) is 15.4 Å². The number of hydrogen-bond donors (Lipinski definition) is 1. The minimum Gasteiger partial charge on any atom is -0.476 e. The summed E-state index contributed by atoms with van der Waals surface area (Å²) >= 11 is 6.13. The van der Waals surface area contributed by atoms with Crippen molar-refractivity contribution in [3.8, 4) is 0 Å². The Labute approximate surface area is 123 Å². The van der Waals surface area contributed by atoms with Crippen LogP contribution < -0.4 is 0 Å². The molecule has 7 nitrogen and oxygen atoms in total. The number of rotatable bonds is 5. The van der Waals surface area contributed by atoms with E-state index in [1.165, 1.54) is 4.68 Å². The average Bonchev–Trinajstić information content (AvgIpc) is 2.95. The Morgan fingerprint density at radius 2 is 2.14 bits per heavy atom. The van der Waals surface area contributed by atoms with E-state index in [9.17, 15) is 13.6 Å². The van der Waals surface area contributed by atoms with Crippen molar-refractivity contribution in [2.24, 2.45) is 7.05 Å². The van der Waals surface area contributed by atoms with Gasteiger partial charge in [0.25, 0.3) is 6.43 Å². The highest BCUT2D eigenvalue weighted by Gasteiger charge is 2.27. The molecule has 21 heavy (non-hydrogen) atoms. The van der Waals surface area contributed by atoms with Crippen LogP contribution in [0.25, 0.3) is 0 Å². The third-order valence-electron chi connectivity index (χ3n) is 2.99. The predicted octanol–water partition coefficient (Wildman–Crippen LogP) is 1.91. The predicted molar refractivity (Wildman–Crippen MR) is 68.6 cm³/mol. The van der Waals surface area contributed by atoms with Crippen molar-refractivity contribution in [2.75, 3.05) is 0 Å². The molecule has 0 saturated heterocycles. The molecule has 0 amide bonds. The summed E-state index contributed by atoms with van der Waals surface area (Å²) in [6.45, 7) is 1.73. The van der Waals surface area contributed by atoms with Crippen molar-refractivity contribution in [2.45, 2.75) is 26.3 Å². The van der Waals surface area contributed by atoms with Crippen LogP contribution in [0.4, 0.5) is 8.78 Å². The molecule has 0 bridgehead atoms. The number of aromatic carboxylic acids is 1. The van der Waals surface area contributed by atoms with Crippen LogP contribution in [0.3, 0.4) is 0 Å². The highest BCUT2D eigenvalue weighted by Crippen LogP contribution is 2.25. The van der Waals surface area contributed by atoms with Crippen LogP contribution in [-0.2, 0) is 20.0 Å². The molecule has 0 fully saturated rings. The number of carbonyl (C=O) groups is 1. The van der Waals surface area contributed by atoms with Gasteiger partial charge in [0.05, 0.1) is 23.0 Å². The number of nitrogens with zero attached hydrogens (tertiary/aromatic N) is 5. The fourth-order valence-corrected chi connectivity index (χ4v) is 2.29. The summed E-state index contributed by atoms with van der Waals surface area (Å²) < 4.78 is 28.4.